The summed E-state index contributed by atoms with van der Waals surface area (Å²) in [5.41, 5.74) is 1.06. The molecule has 1 N–H and O–H groups in total. The van der Waals surface area contributed by atoms with Crippen LogP contribution in [0.2, 0.25) is 0 Å². The fourth-order valence-electron chi connectivity index (χ4n) is 2.58. The number of benzene rings is 1. The number of rotatable bonds is 4. The molecule has 0 spiro atoms. The molecule has 8 heteroatoms. The molecule has 1 unspecified atom stereocenters. The molecule has 7 nitrogen and oxygen atoms in total. The lowest BCUT2D eigenvalue weighted by Crippen LogP contribution is -2.33. The number of nitrogens with zero attached hydrogens (tertiary/aromatic N) is 3. The number of anilines is 1. The van der Waals surface area contributed by atoms with E-state index in [1.807, 2.05) is 6.07 Å². The first kappa shape index (κ1) is 16.5. The summed E-state index contributed by atoms with van der Waals surface area (Å²) in [6, 6.07) is 7.93. The van der Waals surface area contributed by atoms with Crippen molar-refractivity contribution in [1.29, 1.82) is 5.26 Å². The average Bonchev–Trinajstić information content (AvgIpc) is 3.19. The fraction of sp³-hybridized carbons (Fsp3) is 0.235. The largest absolute Gasteiger partial charge is 0.442 e. The number of cyclic esters (lactones) is 1. The van der Waals surface area contributed by atoms with Crippen LogP contribution >= 0.6 is 0 Å². The van der Waals surface area contributed by atoms with Crippen molar-refractivity contribution in [3.8, 4) is 11.8 Å². The summed E-state index contributed by atoms with van der Waals surface area (Å²) in [4.78, 5) is 24.2. The molecule has 1 saturated heterocycles. The molecule has 2 amide bonds. The van der Waals surface area contributed by atoms with Gasteiger partial charge in [0.1, 0.15) is 18.0 Å². The number of carbonyl (C=O) groups excluding carboxylic acids is 2. The lowest BCUT2D eigenvalue weighted by atomic mass is 10.2. The third kappa shape index (κ3) is 3.45. The van der Waals surface area contributed by atoms with Crippen LogP contribution in [0.25, 0.3) is 5.69 Å². The zero-order valence-electron chi connectivity index (χ0n) is 13.4. The number of nitrogens with one attached hydrogen (secondary N) is 1. The van der Waals surface area contributed by atoms with E-state index < -0.39 is 18.0 Å². The Bertz CT molecular complexity index is 871. The van der Waals surface area contributed by atoms with Crippen LogP contribution in [0.5, 0.6) is 0 Å². The van der Waals surface area contributed by atoms with E-state index in [0.717, 1.165) is 0 Å². The van der Waals surface area contributed by atoms with Crippen molar-refractivity contribution in [2.24, 2.45) is 0 Å². The summed E-state index contributed by atoms with van der Waals surface area (Å²) in [6.07, 6.45) is 2.03. The van der Waals surface area contributed by atoms with Crippen LogP contribution in [0.3, 0.4) is 0 Å². The maximum atomic E-state index is 14.4. The summed E-state index contributed by atoms with van der Waals surface area (Å²) < 4.78 is 21.1. The highest BCUT2D eigenvalue weighted by Gasteiger charge is 2.32. The minimum atomic E-state index is -0.588. The van der Waals surface area contributed by atoms with E-state index in [1.54, 1.807) is 18.3 Å². The molecule has 25 heavy (non-hydrogen) atoms. The molecule has 3 rings (SSSR count). The molecule has 2 heterocycles. The highest BCUT2D eigenvalue weighted by Crippen LogP contribution is 2.25. The second-order valence-electron chi connectivity index (χ2n) is 5.61. The number of halogens is 1. The summed E-state index contributed by atoms with van der Waals surface area (Å²) in [6.45, 7) is 1.81. The molecule has 0 bridgehead atoms. The maximum Gasteiger partial charge on any atom is 0.414 e. The van der Waals surface area contributed by atoms with Crippen molar-refractivity contribution in [3.05, 3.63) is 48.0 Å². The normalized spacial score (nSPS) is 16.4. The van der Waals surface area contributed by atoms with E-state index in [4.69, 9.17) is 10.00 Å². The van der Waals surface area contributed by atoms with Gasteiger partial charge in [0.15, 0.2) is 0 Å². The van der Waals surface area contributed by atoms with Gasteiger partial charge in [-0.25, -0.2) is 9.18 Å². The van der Waals surface area contributed by atoms with E-state index >= 15 is 0 Å². The van der Waals surface area contributed by atoms with Gasteiger partial charge in [0.05, 0.1) is 30.0 Å². The Hall–Kier alpha value is -3.34. The van der Waals surface area contributed by atoms with Crippen LogP contribution < -0.4 is 10.2 Å². The van der Waals surface area contributed by atoms with Gasteiger partial charge in [-0.15, -0.1) is 0 Å². The Labute approximate surface area is 143 Å². The van der Waals surface area contributed by atoms with Crippen LogP contribution in [-0.2, 0) is 9.53 Å². The highest BCUT2D eigenvalue weighted by atomic mass is 19.1. The highest BCUT2D eigenvalue weighted by molar-refractivity contribution is 5.90. The Balaban J connectivity index is 1.77. The molecular weight excluding hydrogens is 327 g/mol. The number of hydrogen-bond acceptors (Lipinski definition) is 4. The summed E-state index contributed by atoms with van der Waals surface area (Å²) in [7, 11) is 0. The van der Waals surface area contributed by atoms with E-state index in [2.05, 4.69) is 5.32 Å². The number of ether oxygens (including phenoxy) is 1. The molecule has 1 atom stereocenters. The smallest absolute Gasteiger partial charge is 0.414 e. The first-order chi connectivity index (χ1) is 12.0. The maximum absolute atomic E-state index is 14.4. The van der Waals surface area contributed by atoms with Gasteiger partial charge in [0, 0.05) is 19.3 Å². The number of amides is 2. The predicted molar refractivity (Wildman–Crippen MR) is 86.7 cm³/mol. The van der Waals surface area contributed by atoms with E-state index in [0.29, 0.717) is 11.3 Å². The predicted octanol–water partition coefficient (Wildman–Crippen LogP) is 1.95. The summed E-state index contributed by atoms with van der Waals surface area (Å²) >= 11 is 0. The second-order valence-corrected chi connectivity index (χ2v) is 5.61. The summed E-state index contributed by atoms with van der Waals surface area (Å²) in [5.74, 6) is -0.746. The van der Waals surface area contributed by atoms with Gasteiger partial charge >= 0.3 is 6.09 Å². The number of hydrogen-bond donors (Lipinski definition) is 1. The standard InChI is InChI=1S/C17H15FN4O3/c1-11(23)20-8-14-10-22(17(24)25-14)13-2-3-16(15(18)6-13)21-5-4-12(7-19)9-21/h2-6,9,14H,8,10H2,1H3,(H,20,23). The SMILES string of the molecule is CC(=O)NCC1CN(c2ccc(-n3ccc(C#N)c3)c(F)c2)C(=O)O1. The van der Waals surface area contributed by atoms with Crippen LogP contribution in [0.4, 0.5) is 14.9 Å². The average molecular weight is 342 g/mol. The zero-order valence-corrected chi connectivity index (χ0v) is 13.4. The van der Waals surface area contributed by atoms with Gasteiger partial charge in [-0.2, -0.15) is 5.26 Å². The van der Waals surface area contributed by atoms with Gasteiger partial charge in [0.2, 0.25) is 5.91 Å². The third-order valence-corrected chi connectivity index (χ3v) is 3.80. The van der Waals surface area contributed by atoms with Gasteiger partial charge in [-0.05, 0) is 24.3 Å². The molecular formula is C17H15FN4O3. The Morgan fingerprint density at radius 3 is 2.92 bits per heavy atom. The van der Waals surface area contributed by atoms with Crippen molar-refractivity contribution in [3.63, 3.8) is 0 Å². The summed E-state index contributed by atoms with van der Waals surface area (Å²) in [5, 5.41) is 11.4. The van der Waals surface area contributed by atoms with Gasteiger partial charge in [-0.1, -0.05) is 0 Å². The van der Waals surface area contributed by atoms with Crippen molar-refractivity contribution in [1.82, 2.24) is 9.88 Å². The van der Waals surface area contributed by atoms with E-state index in [9.17, 15) is 14.0 Å². The molecule has 0 radical (unpaired) electrons. The minimum Gasteiger partial charge on any atom is -0.442 e. The first-order valence-electron chi connectivity index (χ1n) is 7.58. The van der Waals surface area contributed by atoms with Crippen LogP contribution in [0.15, 0.2) is 36.7 Å². The molecule has 0 aliphatic carbocycles. The van der Waals surface area contributed by atoms with E-state index in [1.165, 1.54) is 34.7 Å². The van der Waals surface area contributed by atoms with Crippen molar-refractivity contribution < 1.29 is 18.7 Å². The second kappa shape index (κ2) is 6.65. The molecule has 1 fully saturated rings. The zero-order chi connectivity index (χ0) is 18.0. The molecule has 2 aromatic rings. The number of aromatic nitrogens is 1. The molecule has 1 aliphatic heterocycles. The van der Waals surface area contributed by atoms with Crippen LogP contribution in [-0.4, -0.2) is 35.8 Å². The first-order valence-corrected chi connectivity index (χ1v) is 7.58. The fourth-order valence-corrected chi connectivity index (χ4v) is 2.58. The lowest BCUT2D eigenvalue weighted by Gasteiger charge is -2.14. The lowest BCUT2D eigenvalue weighted by molar-refractivity contribution is -0.119. The van der Waals surface area contributed by atoms with E-state index in [-0.39, 0.29) is 24.7 Å². The Morgan fingerprint density at radius 1 is 1.48 bits per heavy atom. The van der Waals surface area contributed by atoms with Crippen LogP contribution in [0.1, 0.15) is 12.5 Å². The topological polar surface area (TPSA) is 87.4 Å². The minimum absolute atomic E-state index is 0.207. The molecule has 1 aliphatic rings. The number of carbonyl (C=O) groups is 2. The molecule has 1 aromatic heterocycles. The van der Waals surface area contributed by atoms with Crippen molar-refractivity contribution >= 4 is 17.7 Å². The van der Waals surface area contributed by atoms with Crippen molar-refractivity contribution in [2.45, 2.75) is 13.0 Å². The van der Waals surface area contributed by atoms with Gasteiger partial charge < -0.3 is 14.6 Å². The molecule has 1 aromatic carbocycles. The molecule has 128 valence electrons. The van der Waals surface area contributed by atoms with Gasteiger partial charge in [0.25, 0.3) is 0 Å². The van der Waals surface area contributed by atoms with Crippen molar-refractivity contribution in [2.75, 3.05) is 18.0 Å². The third-order valence-electron chi connectivity index (χ3n) is 3.80. The Kier molecular flexibility index (Phi) is 4.39. The van der Waals surface area contributed by atoms with Gasteiger partial charge in [-0.3, -0.25) is 9.69 Å². The molecule has 0 saturated carbocycles. The number of nitriles is 1. The quantitative estimate of drug-likeness (QED) is 0.920. The Morgan fingerprint density at radius 2 is 2.28 bits per heavy atom. The monoisotopic (exact) mass is 342 g/mol. The van der Waals surface area contributed by atoms with Crippen LogP contribution in [0, 0.1) is 17.1 Å².